The Hall–Kier alpha value is -1.78. The Morgan fingerprint density at radius 2 is 2.43 bits per heavy atom. The minimum atomic E-state index is 0.504. The lowest BCUT2D eigenvalue weighted by atomic mass is 10.3. The highest BCUT2D eigenvalue weighted by Crippen LogP contribution is 2.18. The summed E-state index contributed by atoms with van der Waals surface area (Å²) < 4.78 is 2.08. The molecule has 0 aliphatic rings. The number of hydrogen-bond donors (Lipinski definition) is 2. The van der Waals surface area contributed by atoms with Gasteiger partial charge in [0, 0.05) is 12.6 Å². The van der Waals surface area contributed by atoms with Crippen molar-refractivity contribution in [2.75, 3.05) is 5.73 Å². The van der Waals surface area contributed by atoms with Crippen molar-refractivity contribution in [3.05, 3.63) is 18.6 Å². The van der Waals surface area contributed by atoms with Crippen LogP contribution in [0.3, 0.4) is 0 Å². The van der Waals surface area contributed by atoms with E-state index in [0.717, 1.165) is 24.4 Å². The first-order chi connectivity index (χ1) is 6.81. The van der Waals surface area contributed by atoms with Crippen LogP contribution in [-0.2, 0) is 6.54 Å². The van der Waals surface area contributed by atoms with Crippen molar-refractivity contribution in [1.29, 1.82) is 0 Å². The molecule has 0 saturated carbocycles. The summed E-state index contributed by atoms with van der Waals surface area (Å²) in [4.78, 5) is 4.10. The van der Waals surface area contributed by atoms with Crippen LogP contribution in [0.2, 0.25) is 0 Å². The number of aromatic nitrogens is 4. The van der Waals surface area contributed by atoms with E-state index in [0.29, 0.717) is 5.82 Å². The van der Waals surface area contributed by atoms with Crippen LogP contribution in [0.5, 0.6) is 0 Å². The molecule has 0 fully saturated rings. The van der Waals surface area contributed by atoms with Crippen LogP contribution < -0.4 is 5.73 Å². The number of nitrogens with one attached hydrogen (secondary N) is 1. The van der Waals surface area contributed by atoms with Crippen LogP contribution in [0.4, 0.5) is 5.82 Å². The lowest BCUT2D eigenvalue weighted by molar-refractivity contribution is 0.682. The second kappa shape index (κ2) is 3.53. The minimum Gasteiger partial charge on any atom is -0.382 e. The van der Waals surface area contributed by atoms with E-state index < -0.39 is 0 Å². The maximum atomic E-state index is 5.54. The molecule has 0 saturated heterocycles. The molecule has 5 heteroatoms. The molecule has 2 aromatic rings. The van der Waals surface area contributed by atoms with E-state index in [4.69, 9.17) is 5.73 Å². The van der Waals surface area contributed by atoms with E-state index in [-0.39, 0.29) is 0 Å². The van der Waals surface area contributed by atoms with E-state index in [9.17, 15) is 0 Å². The van der Waals surface area contributed by atoms with Crippen molar-refractivity contribution in [3.63, 3.8) is 0 Å². The molecule has 2 heterocycles. The quantitative estimate of drug-likeness (QED) is 0.767. The molecule has 3 N–H and O–H groups in total. The minimum absolute atomic E-state index is 0.504. The molecule has 0 aliphatic carbocycles. The SMILES string of the molecule is CCCn1cncc1-c1cc(N)n[nH]1. The van der Waals surface area contributed by atoms with Crippen LogP contribution >= 0.6 is 0 Å². The van der Waals surface area contributed by atoms with Gasteiger partial charge in [-0.25, -0.2) is 4.98 Å². The number of H-pyrrole nitrogens is 1. The highest BCUT2D eigenvalue weighted by molar-refractivity contribution is 5.57. The molecule has 0 atom stereocenters. The van der Waals surface area contributed by atoms with Gasteiger partial charge in [-0.15, -0.1) is 0 Å². The Balaban J connectivity index is 2.36. The van der Waals surface area contributed by atoms with Crippen molar-refractivity contribution >= 4 is 5.82 Å². The molecular weight excluding hydrogens is 178 g/mol. The number of nitrogens with two attached hydrogens (primary N) is 1. The van der Waals surface area contributed by atoms with Gasteiger partial charge in [0.2, 0.25) is 0 Å². The third-order valence-corrected chi connectivity index (χ3v) is 2.05. The largest absolute Gasteiger partial charge is 0.382 e. The Morgan fingerprint density at radius 3 is 3.07 bits per heavy atom. The summed E-state index contributed by atoms with van der Waals surface area (Å²) in [6.45, 7) is 3.08. The average Bonchev–Trinajstić information content (AvgIpc) is 2.74. The highest BCUT2D eigenvalue weighted by atomic mass is 15.2. The number of anilines is 1. The van der Waals surface area contributed by atoms with Gasteiger partial charge in [0.25, 0.3) is 0 Å². The van der Waals surface area contributed by atoms with Gasteiger partial charge in [-0.3, -0.25) is 5.10 Å². The number of hydrogen-bond acceptors (Lipinski definition) is 3. The van der Waals surface area contributed by atoms with Crippen LogP contribution in [0, 0.1) is 0 Å². The third-order valence-electron chi connectivity index (χ3n) is 2.05. The molecule has 14 heavy (non-hydrogen) atoms. The second-order valence-electron chi connectivity index (χ2n) is 3.18. The normalized spacial score (nSPS) is 10.6. The maximum Gasteiger partial charge on any atom is 0.145 e. The van der Waals surface area contributed by atoms with E-state index in [1.54, 1.807) is 0 Å². The Labute approximate surface area is 82.0 Å². The average molecular weight is 191 g/mol. The first kappa shape index (κ1) is 8.80. The predicted molar refractivity (Wildman–Crippen MR) is 54.5 cm³/mol. The van der Waals surface area contributed by atoms with Gasteiger partial charge >= 0.3 is 0 Å². The number of rotatable bonds is 3. The fourth-order valence-electron chi connectivity index (χ4n) is 1.43. The molecule has 2 rings (SSSR count). The molecule has 0 radical (unpaired) electrons. The monoisotopic (exact) mass is 191 g/mol. The van der Waals surface area contributed by atoms with Crippen LogP contribution in [0.15, 0.2) is 18.6 Å². The predicted octanol–water partition coefficient (Wildman–Crippen LogP) is 1.27. The first-order valence-corrected chi connectivity index (χ1v) is 4.62. The summed E-state index contributed by atoms with van der Waals surface area (Å²) >= 11 is 0. The van der Waals surface area contributed by atoms with E-state index in [1.807, 2.05) is 18.6 Å². The fourth-order valence-corrected chi connectivity index (χ4v) is 1.43. The van der Waals surface area contributed by atoms with Crippen molar-refractivity contribution < 1.29 is 0 Å². The van der Waals surface area contributed by atoms with Crippen molar-refractivity contribution in [3.8, 4) is 11.4 Å². The van der Waals surface area contributed by atoms with Gasteiger partial charge in [0.15, 0.2) is 0 Å². The summed E-state index contributed by atoms with van der Waals surface area (Å²) in [5, 5.41) is 6.76. The second-order valence-corrected chi connectivity index (χ2v) is 3.18. The zero-order chi connectivity index (χ0) is 9.97. The standard InChI is InChI=1S/C9H13N5/c1-2-3-14-6-11-5-8(14)7-4-9(10)13-12-7/h4-6H,2-3H2,1H3,(H3,10,12,13). The van der Waals surface area contributed by atoms with Crippen molar-refractivity contribution in [2.24, 2.45) is 0 Å². The molecule has 0 aromatic carbocycles. The molecule has 0 bridgehead atoms. The fraction of sp³-hybridized carbons (Fsp3) is 0.333. The molecule has 5 nitrogen and oxygen atoms in total. The van der Waals surface area contributed by atoms with Gasteiger partial charge in [0.1, 0.15) is 5.82 Å². The lowest BCUT2D eigenvalue weighted by Gasteiger charge is -2.03. The molecule has 0 aliphatic heterocycles. The molecule has 0 amide bonds. The Bertz CT molecular complexity index is 414. The highest BCUT2D eigenvalue weighted by Gasteiger charge is 2.06. The van der Waals surface area contributed by atoms with Crippen LogP contribution in [-0.4, -0.2) is 19.7 Å². The number of aromatic amines is 1. The van der Waals surface area contributed by atoms with Gasteiger partial charge in [-0.1, -0.05) is 6.92 Å². The van der Waals surface area contributed by atoms with Gasteiger partial charge in [0.05, 0.1) is 23.9 Å². The van der Waals surface area contributed by atoms with E-state index in [2.05, 4.69) is 26.7 Å². The topological polar surface area (TPSA) is 72.5 Å². The van der Waals surface area contributed by atoms with Gasteiger partial charge in [-0.2, -0.15) is 5.10 Å². The smallest absolute Gasteiger partial charge is 0.145 e. The first-order valence-electron chi connectivity index (χ1n) is 4.62. The molecule has 2 aromatic heterocycles. The van der Waals surface area contributed by atoms with Crippen molar-refractivity contribution in [1.82, 2.24) is 19.7 Å². The van der Waals surface area contributed by atoms with E-state index >= 15 is 0 Å². The zero-order valence-electron chi connectivity index (χ0n) is 8.07. The zero-order valence-corrected chi connectivity index (χ0v) is 8.07. The maximum absolute atomic E-state index is 5.54. The number of nitrogens with zero attached hydrogens (tertiary/aromatic N) is 3. The third kappa shape index (κ3) is 1.48. The lowest BCUT2D eigenvalue weighted by Crippen LogP contribution is -1.97. The molecule has 0 spiro atoms. The van der Waals surface area contributed by atoms with Crippen LogP contribution in [0.1, 0.15) is 13.3 Å². The number of nitrogen functional groups attached to an aromatic ring is 1. The van der Waals surface area contributed by atoms with Gasteiger partial charge < -0.3 is 10.3 Å². The van der Waals surface area contributed by atoms with Gasteiger partial charge in [-0.05, 0) is 6.42 Å². The molecule has 0 unspecified atom stereocenters. The summed E-state index contributed by atoms with van der Waals surface area (Å²) in [6.07, 6.45) is 4.70. The number of aryl methyl sites for hydroxylation is 1. The summed E-state index contributed by atoms with van der Waals surface area (Å²) in [5.74, 6) is 0.504. The Kier molecular flexibility index (Phi) is 2.22. The molecule has 74 valence electrons. The van der Waals surface area contributed by atoms with E-state index in [1.165, 1.54) is 0 Å². The summed E-state index contributed by atoms with van der Waals surface area (Å²) in [6, 6.07) is 1.81. The van der Waals surface area contributed by atoms with Crippen molar-refractivity contribution in [2.45, 2.75) is 19.9 Å². The summed E-state index contributed by atoms with van der Waals surface area (Å²) in [5.41, 5.74) is 7.47. The Morgan fingerprint density at radius 1 is 1.57 bits per heavy atom. The molecular formula is C9H13N5. The van der Waals surface area contributed by atoms with Crippen LogP contribution in [0.25, 0.3) is 11.4 Å². The summed E-state index contributed by atoms with van der Waals surface area (Å²) in [7, 11) is 0. The number of imidazole rings is 1.